The van der Waals surface area contributed by atoms with Gasteiger partial charge in [0.1, 0.15) is 11.9 Å². The van der Waals surface area contributed by atoms with Crippen molar-refractivity contribution in [2.45, 2.75) is 49.7 Å². The summed E-state index contributed by atoms with van der Waals surface area (Å²) in [4.78, 5) is 26.6. The first-order valence-electron chi connectivity index (χ1n) is 12.4. The molecule has 2 aliphatic rings. The maximum absolute atomic E-state index is 14.8. The van der Waals surface area contributed by atoms with E-state index >= 15 is 0 Å². The number of alkyl halides is 4. The molecule has 0 radical (unpaired) electrons. The van der Waals surface area contributed by atoms with E-state index in [0.29, 0.717) is 5.56 Å². The Hall–Kier alpha value is -3.92. The van der Waals surface area contributed by atoms with Gasteiger partial charge in [0.2, 0.25) is 11.5 Å². The molecule has 1 aliphatic heterocycles. The van der Waals surface area contributed by atoms with Crippen molar-refractivity contribution < 1.29 is 42.1 Å². The van der Waals surface area contributed by atoms with E-state index in [1.165, 1.54) is 29.2 Å². The van der Waals surface area contributed by atoms with Gasteiger partial charge in [-0.25, -0.2) is 9.18 Å². The second kappa shape index (κ2) is 9.68. The van der Waals surface area contributed by atoms with Crippen LogP contribution in [0.25, 0.3) is 0 Å². The van der Waals surface area contributed by atoms with Crippen molar-refractivity contribution in [1.29, 1.82) is 0 Å². The fraction of sp³-hybridized carbons (Fsp3) is 0.310. The number of anilines is 1. The topological polar surface area (TPSA) is 87.1 Å². The van der Waals surface area contributed by atoms with E-state index in [2.05, 4.69) is 0 Å². The first-order chi connectivity index (χ1) is 18.4. The van der Waals surface area contributed by atoms with Crippen LogP contribution in [0.4, 0.5) is 23.2 Å². The highest BCUT2D eigenvalue weighted by Crippen LogP contribution is 2.60. The lowest BCUT2D eigenvalue weighted by atomic mass is 9.70. The number of carbonyl (C=O) groups is 2. The number of halogens is 4. The number of amides is 1. The third-order valence-corrected chi connectivity index (χ3v) is 7.47. The van der Waals surface area contributed by atoms with Crippen LogP contribution >= 0.6 is 0 Å². The molecule has 4 atom stereocenters. The van der Waals surface area contributed by atoms with Crippen LogP contribution in [0.3, 0.4) is 0 Å². The lowest BCUT2D eigenvalue weighted by molar-refractivity contribution is -0.302. The Morgan fingerprint density at radius 2 is 1.79 bits per heavy atom. The number of carboxylic acid groups (broad SMARTS) is 1. The zero-order valence-electron chi connectivity index (χ0n) is 20.8. The van der Waals surface area contributed by atoms with Crippen LogP contribution in [0.15, 0.2) is 66.7 Å². The fourth-order valence-electron chi connectivity index (χ4n) is 5.25. The number of carboxylic acids is 1. The van der Waals surface area contributed by atoms with Gasteiger partial charge in [-0.05, 0) is 66.8 Å². The number of rotatable bonds is 5. The van der Waals surface area contributed by atoms with Crippen LogP contribution in [-0.2, 0) is 16.8 Å². The van der Waals surface area contributed by atoms with E-state index in [9.17, 15) is 37.4 Å². The van der Waals surface area contributed by atoms with Gasteiger partial charge in [0.15, 0.2) is 6.17 Å². The SMILES string of the molecule is C[C@H](C(=O)N1C[C@@H](Oc2cccc(C(=O)O)c2)CCc2cc3c(cc21)C(F)C3(O)C(F)(F)F)c1ccccc1. The van der Waals surface area contributed by atoms with Crippen LogP contribution < -0.4 is 9.64 Å². The summed E-state index contributed by atoms with van der Waals surface area (Å²) < 4.78 is 61.7. The van der Waals surface area contributed by atoms with Gasteiger partial charge < -0.3 is 19.8 Å². The van der Waals surface area contributed by atoms with Crippen molar-refractivity contribution in [3.8, 4) is 5.75 Å². The van der Waals surface area contributed by atoms with Crippen molar-refractivity contribution in [1.82, 2.24) is 0 Å². The van der Waals surface area contributed by atoms with E-state index in [-0.39, 0.29) is 47.9 Å². The molecule has 1 amide bonds. The van der Waals surface area contributed by atoms with Gasteiger partial charge in [0, 0.05) is 11.3 Å². The molecule has 6 nitrogen and oxygen atoms in total. The second-order valence-corrected chi connectivity index (χ2v) is 9.89. The van der Waals surface area contributed by atoms with E-state index in [1.54, 1.807) is 43.3 Å². The van der Waals surface area contributed by atoms with Gasteiger partial charge in [-0.1, -0.05) is 36.4 Å². The summed E-state index contributed by atoms with van der Waals surface area (Å²) >= 11 is 0. The molecule has 3 aromatic rings. The van der Waals surface area contributed by atoms with Crippen molar-refractivity contribution in [3.63, 3.8) is 0 Å². The number of aryl methyl sites for hydroxylation is 1. The number of fused-ring (bicyclic) bond motifs is 2. The first kappa shape index (κ1) is 26.7. The van der Waals surface area contributed by atoms with E-state index < -0.39 is 41.5 Å². The molecule has 3 aromatic carbocycles. The molecule has 0 saturated heterocycles. The lowest BCUT2D eigenvalue weighted by Gasteiger charge is -2.44. The van der Waals surface area contributed by atoms with Gasteiger partial charge in [-0.2, -0.15) is 13.2 Å². The molecular weight excluding hydrogens is 518 g/mol. The molecule has 10 heteroatoms. The van der Waals surface area contributed by atoms with Gasteiger partial charge >= 0.3 is 12.1 Å². The number of ether oxygens (including phenoxy) is 1. The largest absolute Gasteiger partial charge is 0.489 e. The standard InChI is InChI=1S/C29H25F4NO5/c1-16(17-6-3-2-4-7-17)26(35)34-15-21(39-20-9-5-8-19(12-20)27(36)37)11-10-18-13-23-22(14-24(18)34)25(30)28(23,38)29(31,32)33/h2-9,12-14,16,21,25,38H,10-11,15H2,1H3,(H,36,37)/t16-,21-,25?,28?/m0/s1. The number of aromatic carboxylic acids is 1. The predicted molar refractivity (Wildman–Crippen MR) is 134 cm³/mol. The smallest absolute Gasteiger partial charge is 0.424 e. The minimum Gasteiger partial charge on any atom is -0.489 e. The molecule has 2 N–H and O–H groups in total. The number of hydrogen-bond acceptors (Lipinski definition) is 4. The number of nitrogens with zero attached hydrogens (tertiary/aromatic N) is 1. The minimum atomic E-state index is -5.21. The summed E-state index contributed by atoms with van der Waals surface area (Å²) in [5.74, 6) is -1.88. The summed E-state index contributed by atoms with van der Waals surface area (Å²) in [7, 11) is 0. The second-order valence-electron chi connectivity index (χ2n) is 9.89. The minimum absolute atomic E-state index is 0.000413. The average molecular weight is 544 g/mol. The molecule has 0 saturated carbocycles. The van der Waals surface area contributed by atoms with Crippen molar-refractivity contribution in [2.75, 3.05) is 11.4 Å². The lowest BCUT2D eigenvalue weighted by Crippen LogP contribution is -2.53. The van der Waals surface area contributed by atoms with Crippen LogP contribution in [-0.4, -0.2) is 40.9 Å². The van der Waals surface area contributed by atoms with Crippen molar-refractivity contribution in [2.24, 2.45) is 0 Å². The summed E-state index contributed by atoms with van der Waals surface area (Å²) in [6.45, 7) is 1.70. The first-order valence-corrected chi connectivity index (χ1v) is 12.4. The van der Waals surface area contributed by atoms with Crippen LogP contribution in [0.2, 0.25) is 0 Å². The van der Waals surface area contributed by atoms with Crippen molar-refractivity contribution in [3.05, 3.63) is 94.5 Å². The zero-order chi connectivity index (χ0) is 28.1. The molecule has 2 unspecified atom stereocenters. The van der Waals surface area contributed by atoms with Crippen LogP contribution in [0.1, 0.15) is 58.0 Å². The van der Waals surface area contributed by atoms with E-state index in [4.69, 9.17) is 4.74 Å². The molecule has 1 aliphatic carbocycles. The molecular formula is C29H25F4NO5. The molecule has 0 fully saturated rings. The normalized spacial score (nSPS) is 23.1. The molecule has 1 heterocycles. The number of hydrogen-bond donors (Lipinski definition) is 2. The van der Waals surface area contributed by atoms with Crippen LogP contribution in [0, 0.1) is 0 Å². The Balaban J connectivity index is 1.54. The summed E-state index contributed by atoms with van der Waals surface area (Å²) in [6.07, 6.45) is -8.09. The monoisotopic (exact) mass is 543 g/mol. The van der Waals surface area contributed by atoms with Gasteiger partial charge in [-0.3, -0.25) is 4.79 Å². The molecule has 5 rings (SSSR count). The number of benzene rings is 3. The Labute approximate surface area is 221 Å². The summed E-state index contributed by atoms with van der Waals surface area (Å²) in [6, 6.07) is 17.1. The highest BCUT2D eigenvalue weighted by Gasteiger charge is 2.68. The Morgan fingerprint density at radius 1 is 1.08 bits per heavy atom. The Morgan fingerprint density at radius 3 is 2.46 bits per heavy atom. The van der Waals surface area contributed by atoms with Gasteiger partial charge in [0.25, 0.3) is 0 Å². The molecule has 204 valence electrons. The predicted octanol–water partition coefficient (Wildman–Crippen LogP) is 5.69. The number of carbonyl (C=O) groups excluding carboxylic acids is 1. The van der Waals surface area contributed by atoms with E-state index in [0.717, 1.165) is 11.6 Å². The maximum atomic E-state index is 14.8. The van der Waals surface area contributed by atoms with Crippen LogP contribution in [0.5, 0.6) is 5.75 Å². The summed E-state index contributed by atoms with van der Waals surface area (Å²) in [5, 5.41) is 19.5. The molecule has 0 aromatic heterocycles. The Bertz CT molecular complexity index is 1430. The zero-order valence-corrected chi connectivity index (χ0v) is 20.8. The molecule has 0 spiro atoms. The highest BCUT2D eigenvalue weighted by molar-refractivity contribution is 5.99. The van der Waals surface area contributed by atoms with E-state index in [1.807, 2.05) is 0 Å². The highest BCUT2D eigenvalue weighted by atomic mass is 19.4. The van der Waals surface area contributed by atoms with Crippen molar-refractivity contribution >= 4 is 17.6 Å². The number of aliphatic hydroxyl groups is 1. The third kappa shape index (κ3) is 4.52. The maximum Gasteiger partial charge on any atom is 0.424 e. The third-order valence-electron chi connectivity index (χ3n) is 7.47. The fourth-order valence-corrected chi connectivity index (χ4v) is 5.25. The van der Waals surface area contributed by atoms with Gasteiger partial charge in [-0.15, -0.1) is 0 Å². The molecule has 39 heavy (non-hydrogen) atoms. The summed E-state index contributed by atoms with van der Waals surface area (Å²) in [5.41, 5.74) is -3.13. The average Bonchev–Trinajstić information content (AvgIpc) is 3.10. The molecule has 0 bridgehead atoms. The quantitative estimate of drug-likeness (QED) is 0.404. The Kier molecular flexibility index (Phi) is 6.62. The van der Waals surface area contributed by atoms with Gasteiger partial charge in [0.05, 0.1) is 18.0 Å².